The zero-order valence-corrected chi connectivity index (χ0v) is 16.3. The van der Waals surface area contributed by atoms with E-state index in [2.05, 4.69) is 30.8 Å². The Bertz CT molecular complexity index is 818. The lowest BCUT2D eigenvalue weighted by molar-refractivity contribution is -0.115. The third-order valence-corrected chi connectivity index (χ3v) is 5.83. The molecular formula is C18H24N6O2S. The van der Waals surface area contributed by atoms with Gasteiger partial charge < -0.3 is 10.1 Å². The Morgan fingerprint density at radius 1 is 1.22 bits per heavy atom. The Kier molecular flexibility index (Phi) is 5.70. The van der Waals surface area contributed by atoms with Crippen LogP contribution in [0.2, 0.25) is 0 Å². The zero-order chi connectivity index (χ0) is 18.6. The van der Waals surface area contributed by atoms with Gasteiger partial charge in [0.2, 0.25) is 11.0 Å². The number of carbonyl (C=O) groups is 1. The number of amides is 1. The Hall–Kier alpha value is -1.97. The standard InChI is InChI=1S/C18H24N6O2S/c1-11-12-5-2-3-6-13(12)21-15(20-11)9-19-10-16(25)22-18-24-23-17(27-18)14-7-4-8-26-14/h14,19H,2-10H2,1H3,(H,22,24,25)/t14-/m1/s1. The quantitative estimate of drug-likeness (QED) is 0.781. The van der Waals surface area contributed by atoms with Gasteiger partial charge in [-0.05, 0) is 51.0 Å². The highest BCUT2D eigenvalue weighted by Gasteiger charge is 2.22. The van der Waals surface area contributed by atoms with Crippen molar-refractivity contribution < 1.29 is 9.53 Å². The maximum atomic E-state index is 12.1. The van der Waals surface area contributed by atoms with Crippen LogP contribution in [-0.4, -0.2) is 39.2 Å². The molecule has 144 valence electrons. The molecule has 0 spiro atoms. The first-order valence-electron chi connectivity index (χ1n) is 9.50. The minimum absolute atomic E-state index is 0.0238. The summed E-state index contributed by atoms with van der Waals surface area (Å²) < 4.78 is 5.59. The SMILES string of the molecule is Cc1nc(CNCC(=O)Nc2nnc([C@H]3CCCO3)s2)nc2c1CCCC2. The normalized spacial score (nSPS) is 19.1. The summed E-state index contributed by atoms with van der Waals surface area (Å²) in [5, 5.41) is 15.4. The molecule has 1 atom stereocenters. The lowest BCUT2D eigenvalue weighted by Gasteiger charge is -2.17. The van der Waals surface area contributed by atoms with E-state index in [9.17, 15) is 4.79 Å². The second-order valence-corrected chi connectivity index (χ2v) is 7.97. The van der Waals surface area contributed by atoms with Crippen LogP contribution in [0.1, 0.15) is 59.6 Å². The summed E-state index contributed by atoms with van der Waals surface area (Å²) in [6.07, 6.45) is 6.54. The van der Waals surface area contributed by atoms with Crippen LogP contribution in [-0.2, 0) is 28.9 Å². The van der Waals surface area contributed by atoms with Crippen LogP contribution in [0.15, 0.2) is 0 Å². The molecule has 1 aliphatic carbocycles. The molecule has 2 N–H and O–H groups in total. The van der Waals surface area contributed by atoms with E-state index in [-0.39, 0.29) is 18.6 Å². The van der Waals surface area contributed by atoms with E-state index in [1.54, 1.807) is 0 Å². The summed E-state index contributed by atoms with van der Waals surface area (Å²) >= 11 is 1.37. The van der Waals surface area contributed by atoms with Gasteiger partial charge in [-0.3, -0.25) is 10.1 Å². The lowest BCUT2D eigenvalue weighted by Crippen LogP contribution is -2.28. The molecule has 0 radical (unpaired) electrons. The Morgan fingerprint density at radius 2 is 2.11 bits per heavy atom. The second kappa shape index (κ2) is 8.37. The van der Waals surface area contributed by atoms with E-state index < -0.39 is 0 Å². The van der Waals surface area contributed by atoms with Crippen molar-refractivity contribution in [2.24, 2.45) is 0 Å². The number of rotatable bonds is 6. The Balaban J connectivity index is 1.27. The number of ether oxygens (including phenoxy) is 1. The molecule has 1 aliphatic heterocycles. The average Bonchev–Trinajstić information content (AvgIpc) is 3.33. The minimum Gasteiger partial charge on any atom is -0.371 e. The van der Waals surface area contributed by atoms with Crippen LogP contribution in [0.4, 0.5) is 5.13 Å². The predicted molar refractivity (Wildman–Crippen MR) is 102 cm³/mol. The van der Waals surface area contributed by atoms with Gasteiger partial charge >= 0.3 is 0 Å². The Labute approximate surface area is 162 Å². The van der Waals surface area contributed by atoms with Crippen molar-refractivity contribution in [3.63, 3.8) is 0 Å². The number of nitrogens with one attached hydrogen (secondary N) is 2. The highest BCUT2D eigenvalue weighted by molar-refractivity contribution is 7.15. The minimum atomic E-state index is -0.153. The van der Waals surface area contributed by atoms with Gasteiger partial charge in [-0.2, -0.15) is 0 Å². The van der Waals surface area contributed by atoms with Gasteiger partial charge in [0.25, 0.3) is 0 Å². The topological polar surface area (TPSA) is 102 Å². The van der Waals surface area contributed by atoms with Crippen LogP contribution >= 0.6 is 11.3 Å². The van der Waals surface area contributed by atoms with Crippen molar-refractivity contribution in [1.82, 2.24) is 25.5 Å². The summed E-state index contributed by atoms with van der Waals surface area (Å²) in [7, 11) is 0. The maximum Gasteiger partial charge on any atom is 0.240 e. The van der Waals surface area contributed by atoms with E-state index in [4.69, 9.17) is 4.74 Å². The van der Waals surface area contributed by atoms with E-state index in [1.165, 1.54) is 35.4 Å². The molecule has 1 saturated heterocycles. The first kappa shape index (κ1) is 18.4. The monoisotopic (exact) mass is 388 g/mol. The molecule has 3 heterocycles. The second-order valence-electron chi connectivity index (χ2n) is 6.96. The van der Waals surface area contributed by atoms with Gasteiger partial charge in [-0.1, -0.05) is 11.3 Å². The summed E-state index contributed by atoms with van der Waals surface area (Å²) in [6.45, 7) is 3.45. The molecule has 27 heavy (non-hydrogen) atoms. The highest BCUT2D eigenvalue weighted by Crippen LogP contribution is 2.31. The van der Waals surface area contributed by atoms with Crippen molar-refractivity contribution in [2.75, 3.05) is 18.5 Å². The van der Waals surface area contributed by atoms with E-state index >= 15 is 0 Å². The molecule has 2 aromatic rings. The van der Waals surface area contributed by atoms with Crippen molar-refractivity contribution in [3.8, 4) is 0 Å². The molecule has 9 heteroatoms. The van der Waals surface area contributed by atoms with Crippen LogP contribution in [0.3, 0.4) is 0 Å². The smallest absolute Gasteiger partial charge is 0.240 e. The number of hydrogen-bond acceptors (Lipinski definition) is 8. The average molecular weight is 388 g/mol. The van der Waals surface area contributed by atoms with E-state index in [0.717, 1.165) is 48.8 Å². The molecule has 0 unspecified atom stereocenters. The summed E-state index contributed by atoms with van der Waals surface area (Å²) in [6, 6.07) is 0. The molecule has 0 aromatic carbocycles. The van der Waals surface area contributed by atoms with E-state index in [0.29, 0.717) is 11.7 Å². The number of hydrogen-bond donors (Lipinski definition) is 2. The fourth-order valence-electron chi connectivity index (χ4n) is 3.56. The molecule has 8 nitrogen and oxygen atoms in total. The van der Waals surface area contributed by atoms with E-state index in [1.807, 2.05) is 6.92 Å². The van der Waals surface area contributed by atoms with Gasteiger partial charge in [0.15, 0.2) is 0 Å². The van der Waals surface area contributed by atoms with Crippen molar-refractivity contribution >= 4 is 22.4 Å². The Morgan fingerprint density at radius 3 is 2.96 bits per heavy atom. The molecule has 0 saturated carbocycles. The molecule has 2 aromatic heterocycles. The number of aryl methyl sites for hydroxylation is 2. The molecule has 0 bridgehead atoms. The summed E-state index contributed by atoms with van der Waals surface area (Å²) in [5.74, 6) is 0.595. The number of nitrogens with zero attached hydrogens (tertiary/aromatic N) is 4. The molecule has 4 rings (SSSR count). The fourth-order valence-corrected chi connectivity index (χ4v) is 4.41. The molecule has 2 aliphatic rings. The van der Waals surface area contributed by atoms with Gasteiger partial charge in [0, 0.05) is 18.0 Å². The van der Waals surface area contributed by atoms with Gasteiger partial charge in [-0.15, -0.1) is 10.2 Å². The summed E-state index contributed by atoms with van der Waals surface area (Å²) in [5.41, 5.74) is 3.54. The van der Waals surface area contributed by atoms with Crippen LogP contribution in [0, 0.1) is 6.92 Å². The number of anilines is 1. The van der Waals surface area contributed by atoms with Gasteiger partial charge in [-0.25, -0.2) is 9.97 Å². The first-order chi connectivity index (χ1) is 13.2. The fraction of sp³-hybridized carbons (Fsp3) is 0.611. The number of fused-ring (bicyclic) bond motifs is 1. The third-order valence-electron chi connectivity index (χ3n) is 4.90. The predicted octanol–water partition coefficient (Wildman–Crippen LogP) is 2.10. The van der Waals surface area contributed by atoms with Gasteiger partial charge in [0.05, 0.1) is 13.1 Å². The summed E-state index contributed by atoms with van der Waals surface area (Å²) in [4.78, 5) is 21.4. The van der Waals surface area contributed by atoms with Crippen molar-refractivity contribution in [3.05, 3.63) is 27.8 Å². The van der Waals surface area contributed by atoms with Crippen molar-refractivity contribution in [1.29, 1.82) is 0 Å². The lowest BCUT2D eigenvalue weighted by atomic mass is 9.95. The third kappa shape index (κ3) is 4.48. The molecular weight excluding hydrogens is 364 g/mol. The molecule has 1 fully saturated rings. The zero-order valence-electron chi connectivity index (χ0n) is 15.5. The highest BCUT2D eigenvalue weighted by atomic mass is 32.1. The largest absolute Gasteiger partial charge is 0.371 e. The number of aromatic nitrogens is 4. The van der Waals surface area contributed by atoms with Crippen molar-refractivity contribution in [2.45, 2.75) is 58.1 Å². The first-order valence-corrected chi connectivity index (χ1v) is 10.3. The molecule has 1 amide bonds. The van der Waals surface area contributed by atoms with Crippen LogP contribution in [0.25, 0.3) is 0 Å². The maximum absolute atomic E-state index is 12.1. The van der Waals surface area contributed by atoms with Crippen LogP contribution < -0.4 is 10.6 Å². The van der Waals surface area contributed by atoms with Crippen LogP contribution in [0.5, 0.6) is 0 Å². The van der Waals surface area contributed by atoms with Gasteiger partial charge in [0.1, 0.15) is 16.9 Å². The number of carbonyl (C=O) groups excluding carboxylic acids is 1.